The topological polar surface area (TPSA) is 62.5 Å². The minimum Gasteiger partial charge on any atom is -0.341 e. The normalized spacial score (nSPS) is 19.7. The number of carbonyl (C=O) groups excluding carboxylic acids is 1. The third-order valence-electron chi connectivity index (χ3n) is 3.14. The van der Waals surface area contributed by atoms with Gasteiger partial charge in [0.2, 0.25) is 11.8 Å². The van der Waals surface area contributed by atoms with E-state index in [1.807, 2.05) is 25.3 Å². The number of hydrogen-bond donors (Lipinski definition) is 0. The first-order chi connectivity index (χ1) is 9.10. The van der Waals surface area contributed by atoms with Crippen LogP contribution in [0.15, 0.2) is 4.52 Å². The van der Waals surface area contributed by atoms with Crippen LogP contribution < -0.4 is 0 Å². The number of thioether (sulfide) groups is 1. The van der Waals surface area contributed by atoms with Gasteiger partial charge in [-0.15, -0.1) is 0 Å². The molecule has 0 N–H and O–H groups in total. The smallest absolute Gasteiger partial charge is 0.232 e. The molecular weight excluding hydrogens is 264 g/mol. The summed E-state index contributed by atoms with van der Waals surface area (Å²) in [6.07, 6.45) is 2.48. The molecule has 2 rings (SSSR count). The van der Waals surface area contributed by atoms with Gasteiger partial charge in [-0.3, -0.25) is 4.79 Å². The highest BCUT2D eigenvalue weighted by Crippen LogP contribution is 2.27. The molecular formula is C12H20N4O2S. The summed E-state index contributed by atoms with van der Waals surface area (Å²) in [5.74, 6) is 2.29. The highest BCUT2D eigenvalue weighted by Gasteiger charge is 2.33. The van der Waals surface area contributed by atoms with Crippen LogP contribution in [0.3, 0.4) is 0 Å². The minimum absolute atomic E-state index is 0.0535. The maximum Gasteiger partial charge on any atom is 0.232 e. The lowest BCUT2D eigenvalue weighted by Crippen LogP contribution is -2.32. The number of carbonyl (C=O) groups is 1. The Balaban J connectivity index is 1.93. The van der Waals surface area contributed by atoms with Crippen molar-refractivity contribution < 1.29 is 9.32 Å². The molecule has 1 saturated heterocycles. The second-order valence-electron chi connectivity index (χ2n) is 5.03. The van der Waals surface area contributed by atoms with E-state index in [4.69, 9.17) is 4.52 Å². The van der Waals surface area contributed by atoms with Gasteiger partial charge < -0.3 is 14.3 Å². The van der Waals surface area contributed by atoms with Crippen LogP contribution in [-0.2, 0) is 10.5 Å². The zero-order valence-electron chi connectivity index (χ0n) is 11.6. The third-order valence-corrected chi connectivity index (χ3v) is 3.68. The molecule has 0 aliphatic carbocycles. The van der Waals surface area contributed by atoms with E-state index in [1.54, 1.807) is 11.8 Å². The van der Waals surface area contributed by atoms with Crippen LogP contribution in [0.2, 0.25) is 0 Å². The minimum atomic E-state index is 0.0535. The summed E-state index contributed by atoms with van der Waals surface area (Å²) >= 11 is 1.66. The number of rotatable bonds is 6. The standard InChI is InChI=1S/C12H20N4O2S/c1-15(2)4-5-16-7-9(6-11(16)17)12-13-10(8-19-3)14-18-12/h9H,4-8H2,1-3H3/t9-/m1/s1. The van der Waals surface area contributed by atoms with E-state index in [9.17, 15) is 4.79 Å². The van der Waals surface area contributed by atoms with Crippen molar-refractivity contribution in [2.45, 2.75) is 18.1 Å². The van der Waals surface area contributed by atoms with Crippen molar-refractivity contribution in [3.8, 4) is 0 Å². The molecule has 1 aromatic rings. The molecule has 0 saturated carbocycles. The summed E-state index contributed by atoms with van der Waals surface area (Å²) in [4.78, 5) is 20.2. The molecule has 1 aromatic heterocycles. The van der Waals surface area contributed by atoms with Crippen molar-refractivity contribution in [2.24, 2.45) is 0 Å². The van der Waals surface area contributed by atoms with Crippen molar-refractivity contribution in [1.29, 1.82) is 0 Å². The average molecular weight is 284 g/mol. The Labute approximate surface area is 117 Å². The van der Waals surface area contributed by atoms with Crippen LogP contribution in [0.1, 0.15) is 24.1 Å². The first-order valence-corrected chi connectivity index (χ1v) is 7.73. The molecule has 1 amide bonds. The van der Waals surface area contributed by atoms with E-state index >= 15 is 0 Å². The van der Waals surface area contributed by atoms with Crippen LogP contribution in [-0.4, -0.2) is 65.8 Å². The molecule has 0 spiro atoms. The Morgan fingerprint density at radius 1 is 1.53 bits per heavy atom. The highest BCUT2D eigenvalue weighted by molar-refractivity contribution is 7.97. The number of amides is 1. The van der Waals surface area contributed by atoms with Gasteiger partial charge in [-0.1, -0.05) is 5.16 Å². The van der Waals surface area contributed by atoms with Gasteiger partial charge in [-0.25, -0.2) is 0 Å². The molecule has 19 heavy (non-hydrogen) atoms. The Kier molecular flexibility index (Phi) is 4.81. The van der Waals surface area contributed by atoms with Gasteiger partial charge >= 0.3 is 0 Å². The van der Waals surface area contributed by atoms with Gasteiger partial charge in [0, 0.05) is 26.1 Å². The molecule has 1 aliphatic heterocycles. The molecule has 0 unspecified atom stereocenters. The monoisotopic (exact) mass is 284 g/mol. The molecule has 106 valence electrons. The maximum absolute atomic E-state index is 11.9. The maximum atomic E-state index is 11.9. The van der Waals surface area contributed by atoms with Crippen molar-refractivity contribution in [3.63, 3.8) is 0 Å². The number of aromatic nitrogens is 2. The quantitative estimate of drug-likeness (QED) is 0.770. The average Bonchev–Trinajstić information content (AvgIpc) is 2.94. The van der Waals surface area contributed by atoms with Crippen molar-refractivity contribution >= 4 is 17.7 Å². The molecule has 1 atom stereocenters. The number of hydrogen-bond acceptors (Lipinski definition) is 6. The third kappa shape index (κ3) is 3.70. The van der Waals surface area contributed by atoms with Crippen molar-refractivity contribution in [3.05, 3.63) is 11.7 Å². The predicted molar refractivity (Wildman–Crippen MR) is 74.0 cm³/mol. The van der Waals surface area contributed by atoms with E-state index in [2.05, 4.69) is 15.0 Å². The predicted octanol–water partition coefficient (Wildman–Crippen LogP) is 0.810. The van der Waals surface area contributed by atoms with Gasteiger partial charge in [0.25, 0.3) is 0 Å². The lowest BCUT2D eigenvalue weighted by molar-refractivity contribution is -0.127. The summed E-state index contributed by atoms with van der Waals surface area (Å²) in [7, 11) is 4.01. The van der Waals surface area contributed by atoms with E-state index in [0.29, 0.717) is 24.7 Å². The Morgan fingerprint density at radius 2 is 2.32 bits per heavy atom. The summed E-state index contributed by atoms with van der Waals surface area (Å²) in [6, 6.07) is 0. The molecule has 0 aromatic carbocycles. The Bertz CT molecular complexity index is 435. The zero-order valence-corrected chi connectivity index (χ0v) is 12.4. The molecule has 1 aliphatic rings. The lowest BCUT2D eigenvalue weighted by atomic mass is 10.1. The Morgan fingerprint density at radius 3 is 3.00 bits per heavy atom. The Hall–Kier alpha value is -1.08. The number of likely N-dealkylation sites (tertiary alicyclic amines) is 1. The largest absolute Gasteiger partial charge is 0.341 e. The fraction of sp³-hybridized carbons (Fsp3) is 0.750. The van der Waals surface area contributed by atoms with E-state index < -0.39 is 0 Å². The van der Waals surface area contributed by atoms with Gasteiger partial charge in [0.05, 0.1) is 11.7 Å². The van der Waals surface area contributed by atoms with Crippen molar-refractivity contribution in [1.82, 2.24) is 19.9 Å². The van der Waals surface area contributed by atoms with Crippen LogP contribution in [0, 0.1) is 0 Å². The first kappa shape index (κ1) is 14.3. The molecule has 2 heterocycles. The van der Waals surface area contributed by atoms with Crippen molar-refractivity contribution in [2.75, 3.05) is 40.0 Å². The van der Waals surface area contributed by atoms with E-state index in [-0.39, 0.29) is 11.8 Å². The van der Waals surface area contributed by atoms with Crippen LogP contribution >= 0.6 is 11.8 Å². The molecule has 7 heteroatoms. The van der Waals surface area contributed by atoms with Crippen LogP contribution in [0.25, 0.3) is 0 Å². The summed E-state index contributed by atoms with van der Waals surface area (Å²) < 4.78 is 5.26. The van der Waals surface area contributed by atoms with Gasteiger partial charge in [0.15, 0.2) is 5.82 Å². The number of nitrogens with zero attached hydrogens (tertiary/aromatic N) is 4. The van der Waals surface area contributed by atoms with Gasteiger partial charge in [-0.2, -0.15) is 16.7 Å². The summed E-state index contributed by atoms with van der Waals surface area (Å²) in [5, 5.41) is 3.93. The van der Waals surface area contributed by atoms with Gasteiger partial charge in [-0.05, 0) is 20.4 Å². The fourth-order valence-electron chi connectivity index (χ4n) is 2.10. The first-order valence-electron chi connectivity index (χ1n) is 6.34. The SMILES string of the molecule is CSCc1noc([C@@H]2CC(=O)N(CCN(C)C)C2)n1. The zero-order chi connectivity index (χ0) is 13.8. The van der Waals surface area contributed by atoms with Crippen LogP contribution in [0.4, 0.5) is 0 Å². The summed E-state index contributed by atoms with van der Waals surface area (Å²) in [5.41, 5.74) is 0. The molecule has 6 nitrogen and oxygen atoms in total. The van der Waals surface area contributed by atoms with E-state index in [0.717, 1.165) is 18.8 Å². The van der Waals surface area contributed by atoms with Gasteiger partial charge in [0.1, 0.15) is 0 Å². The van der Waals surface area contributed by atoms with E-state index in [1.165, 1.54) is 0 Å². The fourth-order valence-corrected chi connectivity index (χ4v) is 2.47. The molecule has 0 bridgehead atoms. The summed E-state index contributed by atoms with van der Waals surface area (Å²) in [6.45, 7) is 2.32. The second-order valence-corrected chi connectivity index (χ2v) is 5.89. The molecule has 0 radical (unpaired) electrons. The lowest BCUT2D eigenvalue weighted by Gasteiger charge is -2.18. The highest BCUT2D eigenvalue weighted by atomic mass is 32.2. The second kappa shape index (κ2) is 6.38. The van der Waals surface area contributed by atoms with Crippen LogP contribution in [0.5, 0.6) is 0 Å². The molecule has 1 fully saturated rings. The number of likely N-dealkylation sites (N-methyl/N-ethyl adjacent to an activating group) is 1.